The fourth-order valence-electron chi connectivity index (χ4n) is 2.59. The van der Waals surface area contributed by atoms with E-state index < -0.39 is 6.17 Å². The van der Waals surface area contributed by atoms with Crippen molar-refractivity contribution < 1.29 is 15.1 Å². The molecule has 2 rings (SSSR count). The molecular formula is C19H26N4O3. The minimum Gasteiger partial charge on any atom is -0.395 e. The maximum atomic E-state index is 12.3. The summed E-state index contributed by atoms with van der Waals surface area (Å²) in [5.74, 6) is -0.205. The van der Waals surface area contributed by atoms with Gasteiger partial charge in [0.15, 0.2) is 0 Å². The molecule has 0 aliphatic rings. The van der Waals surface area contributed by atoms with Crippen LogP contribution in [0.1, 0.15) is 17.3 Å². The average molecular weight is 358 g/mol. The number of aliphatic hydroxyl groups is 1. The first kappa shape index (κ1) is 19.9. The molecule has 0 bridgehead atoms. The van der Waals surface area contributed by atoms with Gasteiger partial charge in [0, 0.05) is 17.8 Å². The lowest BCUT2D eigenvalue weighted by Gasteiger charge is -2.22. The van der Waals surface area contributed by atoms with Crippen LogP contribution in [0.3, 0.4) is 0 Å². The van der Waals surface area contributed by atoms with Gasteiger partial charge in [-0.05, 0) is 49.4 Å². The van der Waals surface area contributed by atoms with E-state index >= 15 is 0 Å². The van der Waals surface area contributed by atoms with Gasteiger partial charge in [-0.3, -0.25) is 4.79 Å². The first-order valence-corrected chi connectivity index (χ1v) is 8.52. The number of rotatable bonds is 9. The minimum atomic E-state index is -0.434. The topological polar surface area (TPSA) is 106 Å². The Balaban J connectivity index is 2.02. The summed E-state index contributed by atoms with van der Waals surface area (Å²) >= 11 is 0. The summed E-state index contributed by atoms with van der Waals surface area (Å²) in [6, 6.07) is 14.9. The van der Waals surface area contributed by atoms with Crippen LogP contribution in [0.15, 0.2) is 48.5 Å². The summed E-state index contributed by atoms with van der Waals surface area (Å²) in [5.41, 5.74) is 5.66. The zero-order chi connectivity index (χ0) is 18.9. The van der Waals surface area contributed by atoms with Gasteiger partial charge < -0.3 is 26.3 Å². The van der Waals surface area contributed by atoms with Crippen molar-refractivity contribution in [2.75, 3.05) is 25.5 Å². The second-order valence-corrected chi connectivity index (χ2v) is 5.96. The molecule has 0 aliphatic carbocycles. The Morgan fingerprint density at radius 3 is 2.12 bits per heavy atom. The van der Waals surface area contributed by atoms with Crippen LogP contribution in [-0.4, -0.2) is 48.6 Å². The predicted molar refractivity (Wildman–Crippen MR) is 102 cm³/mol. The molecule has 0 saturated carbocycles. The molecule has 0 aromatic heterocycles. The number of benzene rings is 2. The molecule has 0 saturated heterocycles. The van der Waals surface area contributed by atoms with E-state index in [9.17, 15) is 4.79 Å². The van der Waals surface area contributed by atoms with Crippen molar-refractivity contribution in [2.45, 2.75) is 19.1 Å². The monoisotopic (exact) mass is 358 g/mol. The van der Waals surface area contributed by atoms with Crippen molar-refractivity contribution in [1.82, 2.24) is 16.1 Å². The third-order valence-electron chi connectivity index (χ3n) is 4.12. The molecule has 2 atom stereocenters. The van der Waals surface area contributed by atoms with Gasteiger partial charge in [0.05, 0.1) is 12.6 Å². The molecule has 2 aromatic rings. The Labute approximate surface area is 153 Å². The fourth-order valence-corrected chi connectivity index (χ4v) is 2.59. The van der Waals surface area contributed by atoms with Crippen LogP contribution in [0.4, 0.5) is 5.69 Å². The zero-order valence-corrected chi connectivity index (χ0v) is 15.0. The van der Waals surface area contributed by atoms with Crippen LogP contribution in [0.5, 0.6) is 0 Å². The Bertz CT molecular complexity index is 685. The molecule has 6 N–H and O–H groups in total. The van der Waals surface area contributed by atoms with E-state index in [1.807, 2.05) is 36.4 Å². The molecule has 2 unspecified atom stereocenters. The number of carbonyl (C=O) groups is 1. The highest BCUT2D eigenvalue weighted by Crippen LogP contribution is 2.22. The molecule has 0 aliphatic heterocycles. The number of hydrogen-bond donors (Lipinski definition) is 6. The van der Waals surface area contributed by atoms with E-state index in [2.05, 4.69) is 21.4 Å². The molecule has 0 radical (unpaired) electrons. The molecule has 1 amide bonds. The molecule has 0 fully saturated rings. The van der Waals surface area contributed by atoms with Gasteiger partial charge in [-0.2, -0.15) is 5.48 Å². The van der Waals surface area contributed by atoms with E-state index in [0.29, 0.717) is 12.1 Å². The van der Waals surface area contributed by atoms with Gasteiger partial charge >= 0.3 is 0 Å². The number of carbonyl (C=O) groups excluding carboxylic acids is 1. The quantitative estimate of drug-likeness (QED) is 0.299. The van der Waals surface area contributed by atoms with Crippen LogP contribution in [0.25, 0.3) is 11.1 Å². The van der Waals surface area contributed by atoms with Crippen LogP contribution in [0, 0.1) is 0 Å². The van der Waals surface area contributed by atoms with Crippen LogP contribution < -0.4 is 21.4 Å². The molecule has 26 heavy (non-hydrogen) atoms. The number of likely N-dealkylation sites (N-methyl/N-ethyl adjacent to an activating group) is 1. The third kappa shape index (κ3) is 5.27. The molecular weight excluding hydrogens is 332 g/mol. The molecule has 140 valence electrons. The van der Waals surface area contributed by atoms with E-state index in [1.54, 1.807) is 26.1 Å². The number of amides is 1. The van der Waals surface area contributed by atoms with Gasteiger partial charge in [-0.15, -0.1) is 0 Å². The van der Waals surface area contributed by atoms with Crippen molar-refractivity contribution in [3.63, 3.8) is 0 Å². The van der Waals surface area contributed by atoms with Gasteiger partial charge in [0.25, 0.3) is 5.91 Å². The molecule has 2 aromatic carbocycles. The summed E-state index contributed by atoms with van der Waals surface area (Å²) in [6.45, 7) is 2.40. The van der Waals surface area contributed by atoms with Crippen molar-refractivity contribution in [2.24, 2.45) is 0 Å². The lowest BCUT2D eigenvalue weighted by molar-refractivity contribution is 0.0810. The number of nitrogens with one attached hydrogen (secondary N) is 4. The second-order valence-electron chi connectivity index (χ2n) is 5.96. The number of anilines is 1. The Morgan fingerprint density at radius 1 is 1.04 bits per heavy atom. The van der Waals surface area contributed by atoms with Crippen LogP contribution in [-0.2, 0) is 0 Å². The maximum Gasteiger partial charge on any atom is 0.251 e. The van der Waals surface area contributed by atoms with E-state index in [0.717, 1.165) is 16.8 Å². The Morgan fingerprint density at radius 2 is 1.62 bits per heavy atom. The Kier molecular flexibility index (Phi) is 7.55. The lowest BCUT2D eigenvalue weighted by Crippen LogP contribution is -2.53. The zero-order valence-electron chi connectivity index (χ0n) is 15.0. The smallest absolute Gasteiger partial charge is 0.251 e. The van der Waals surface area contributed by atoms with Gasteiger partial charge in [0.1, 0.15) is 6.17 Å². The summed E-state index contributed by atoms with van der Waals surface area (Å²) in [4.78, 5) is 12.3. The minimum absolute atomic E-state index is 0.0906. The van der Waals surface area contributed by atoms with E-state index in [-0.39, 0.29) is 18.6 Å². The number of hydroxylamine groups is 1. The predicted octanol–water partition coefficient (Wildman–Crippen LogP) is 1.40. The number of aliphatic hydroxyl groups excluding tert-OH is 1. The first-order chi connectivity index (χ1) is 12.6. The lowest BCUT2D eigenvalue weighted by atomic mass is 10.0. The maximum absolute atomic E-state index is 12.3. The van der Waals surface area contributed by atoms with Gasteiger partial charge in [0.2, 0.25) is 0 Å². The highest BCUT2D eigenvalue weighted by atomic mass is 16.5. The standard InChI is InChI=1S/C19H26N4O3/c1-13(18(20-2)23-26)22-19(25)16-5-3-14(4-6-16)15-7-9-17(10-8-15)21-11-12-24/h3-10,13,18,20-21,23-24,26H,11-12H2,1-2H3,(H,22,25). The van der Waals surface area contributed by atoms with Crippen LogP contribution >= 0.6 is 0 Å². The Hall–Kier alpha value is -2.45. The van der Waals surface area contributed by atoms with Crippen molar-refractivity contribution in [1.29, 1.82) is 0 Å². The normalized spacial score (nSPS) is 13.1. The average Bonchev–Trinajstić information content (AvgIpc) is 2.68. The number of hydrogen-bond acceptors (Lipinski definition) is 6. The summed E-state index contributed by atoms with van der Waals surface area (Å²) in [6.07, 6.45) is -0.434. The molecule has 7 nitrogen and oxygen atoms in total. The summed E-state index contributed by atoms with van der Waals surface area (Å²) in [5, 5.41) is 26.7. The van der Waals surface area contributed by atoms with Crippen molar-refractivity contribution in [3.8, 4) is 11.1 Å². The fraction of sp³-hybridized carbons (Fsp3) is 0.316. The molecule has 0 spiro atoms. The highest BCUT2D eigenvalue weighted by molar-refractivity contribution is 5.94. The van der Waals surface area contributed by atoms with E-state index in [4.69, 9.17) is 10.3 Å². The second kappa shape index (κ2) is 9.88. The van der Waals surface area contributed by atoms with Crippen LogP contribution in [0.2, 0.25) is 0 Å². The first-order valence-electron chi connectivity index (χ1n) is 8.52. The summed E-state index contributed by atoms with van der Waals surface area (Å²) < 4.78 is 0. The van der Waals surface area contributed by atoms with Crippen molar-refractivity contribution >= 4 is 11.6 Å². The SMILES string of the molecule is CNC(NO)C(C)NC(=O)c1ccc(-c2ccc(NCCO)cc2)cc1. The third-order valence-corrected chi connectivity index (χ3v) is 4.12. The van der Waals surface area contributed by atoms with Gasteiger partial charge in [-0.1, -0.05) is 24.3 Å². The highest BCUT2D eigenvalue weighted by Gasteiger charge is 2.17. The van der Waals surface area contributed by atoms with Crippen molar-refractivity contribution in [3.05, 3.63) is 54.1 Å². The van der Waals surface area contributed by atoms with Gasteiger partial charge in [-0.25, -0.2) is 0 Å². The van der Waals surface area contributed by atoms with E-state index in [1.165, 1.54) is 0 Å². The molecule has 0 heterocycles. The molecule has 7 heteroatoms. The largest absolute Gasteiger partial charge is 0.395 e. The summed E-state index contributed by atoms with van der Waals surface area (Å²) in [7, 11) is 1.69.